The largest absolute Gasteiger partial charge is 0.251 e. The summed E-state index contributed by atoms with van der Waals surface area (Å²) in [5.74, 6) is 0. The lowest BCUT2D eigenvalue weighted by atomic mass is 10.0. The third kappa shape index (κ3) is 38.8. The highest BCUT2D eigenvalue weighted by Crippen LogP contribution is 2.26. The molecule has 0 bridgehead atoms. The van der Waals surface area contributed by atoms with E-state index in [1.807, 2.05) is 0 Å². The van der Waals surface area contributed by atoms with Gasteiger partial charge >= 0.3 is 0 Å². The number of nitrogens with zero attached hydrogens (tertiary/aromatic N) is 2. The fourth-order valence-electron chi connectivity index (χ4n) is 10.4. The normalized spacial score (nSPS) is 12.4. The zero-order valence-corrected chi connectivity index (χ0v) is 48.8. The first-order chi connectivity index (χ1) is 35.7. The van der Waals surface area contributed by atoms with E-state index in [9.17, 15) is 0 Å². The third-order valence-electron chi connectivity index (χ3n) is 15.3. The molecule has 2 aromatic carbocycles. The molecule has 0 unspecified atom stereocenters. The Balaban J connectivity index is 1.72. The van der Waals surface area contributed by atoms with Crippen LogP contribution < -0.4 is 0 Å². The second-order valence-electron chi connectivity index (χ2n) is 22.2. The summed E-state index contributed by atoms with van der Waals surface area (Å²) in [5.41, 5.74) is 7.38. The molecule has 2 heteroatoms. The molecule has 72 heavy (non-hydrogen) atoms. The second-order valence-corrected chi connectivity index (χ2v) is 22.2. The summed E-state index contributed by atoms with van der Waals surface area (Å²) in [6.45, 7) is 9.21. The van der Waals surface area contributed by atoms with E-state index in [4.69, 9.17) is 9.98 Å². The van der Waals surface area contributed by atoms with Crippen LogP contribution in [0.4, 0.5) is 11.4 Å². The number of aryl methyl sites for hydroxylation is 2. The second kappa shape index (κ2) is 51.7. The number of aliphatic imine (C=N–C) groups is 2. The molecule has 0 fully saturated rings. The summed E-state index contributed by atoms with van der Waals surface area (Å²) in [6.07, 6.45) is 74.6. The maximum absolute atomic E-state index is 5.49. The van der Waals surface area contributed by atoms with Crippen molar-refractivity contribution in [3.05, 3.63) is 84.0 Å². The van der Waals surface area contributed by atoms with Crippen LogP contribution in [0.25, 0.3) is 0 Å². The van der Waals surface area contributed by atoms with Gasteiger partial charge in [-0.15, -0.1) is 0 Å². The van der Waals surface area contributed by atoms with E-state index >= 15 is 0 Å². The Morgan fingerprint density at radius 3 is 0.792 bits per heavy atom. The van der Waals surface area contributed by atoms with E-state index in [1.165, 1.54) is 267 Å². The SMILES string of the molecule is CCCCCCCCCCCCCCCCCCCCC=CCCc1ccccc1N=C(CCCC)C(CCCC)=Nc1ccccc1CCC=CCCCCCCCCCCCCCCCCCCCC. The minimum absolute atomic E-state index is 0.983. The Labute approximate surface area is 450 Å². The predicted octanol–water partition coefficient (Wildman–Crippen LogP) is 24.8. The van der Waals surface area contributed by atoms with Gasteiger partial charge in [0.1, 0.15) is 0 Å². The summed E-state index contributed by atoms with van der Waals surface area (Å²) >= 11 is 0. The zero-order valence-electron chi connectivity index (χ0n) is 48.8. The molecule has 410 valence electrons. The van der Waals surface area contributed by atoms with Crippen molar-refractivity contribution < 1.29 is 0 Å². The van der Waals surface area contributed by atoms with E-state index < -0.39 is 0 Å². The molecule has 0 N–H and O–H groups in total. The minimum atomic E-state index is 0.983. The molecule has 2 nitrogen and oxygen atoms in total. The number of para-hydroxylation sites is 2. The van der Waals surface area contributed by atoms with E-state index in [0.29, 0.717) is 0 Å². The number of rotatable bonds is 53. The molecule has 0 amide bonds. The molecular weight excluding hydrogens is 869 g/mol. The van der Waals surface area contributed by atoms with E-state index in [1.54, 1.807) is 0 Å². The van der Waals surface area contributed by atoms with Gasteiger partial charge < -0.3 is 0 Å². The van der Waals surface area contributed by atoms with Crippen molar-refractivity contribution in [2.24, 2.45) is 9.98 Å². The average molecular weight is 990 g/mol. The fourth-order valence-corrected chi connectivity index (χ4v) is 10.4. The molecule has 0 spiro atoms. The van der Waals surface area contributed by atoms with Crippen molar-refractivity contribution in [3.63, 3.8) is 0 Å². The Hall–Kier alpha value is -2.74. The van der Waals surface area contributed by atoms with Gasteiger partial charge in [-0.2, -0.15) is 0 Å². The molecule has 0 aliphatic heterocycles. The van der Waals surface area contributed by atoms with Gasteiger partial charge in [-0.3, -0.25) is 9.98 Å². The minimum Gasteiger partial charge on any atom is -0.251 e. The van der Waals surface area contributed by atoms with Crippen LogP contribution in [0.1, 0.15) is 334 Å². The van der Waals surface area contributed by atoms with Gasteiger partial charge in [-0.1, -0.05) is 320 Å². The molecule has 2 aromatic rings. The van der Waals surface area contributed by atoms with E-state index in [0.717, 1.165) is 75.6 Å². The van der Waals surface area contributed by atoms with Crippen LogP contribution in [0.5, 0.6) is 0 Å². The van der Waals surface area contributed by atoms with Gasteiger partial charge in [0.05, 0.1) is 22.8 Å². The van der Waals surface area contributed by atoms with Crippen LogP contribution in [0, 0.1) is 0 Å². The van der Waals surface area contributed by atoms with Crippen LogP contribution in [0.15, 0.2) is 82.8 Å². The van der Waals surface area contributed by atoms with Crippen molar-refractivity contribution in [1.29, 1.82) is 0 Å². The molecule has 0 atom stereocenters. The lowest BCUT2D eigenvalue weighted by molar-refractivity contribution is 0.525. The smallest absolute Gasteiger partial charge is 0.0665 e. The maximum atomic E-state index is 5.49. The molecule has 0 saturated heterocycles. The molecular formula is C70H120N2. The molecule has 0 heterocycles. The van der Waals surface area contributed by atoms with Crippen LogP contribution >= 0.6 is 0 Å². The van der Waals surface area contributed by atoms with Crippen molar-refractivity contribution in [3.8, 4) is 0 Å². The van der Waals surface area contributed by atoms with Crippen LogP contribution in [-0.2, 0) is 12.8 Å². The molecule has 0 aliphatic rings. The summed E-state index contributed by atoms with van der Waals surface area (Å²) in [4.78, 5) is 11.0. The first-order valence-corrected chi connectivity index (χ1v) is 32.3. The molecule has 0 radical (unpaired) electrons. The first kappa shape index (κ1) is 65.4. The molecule has 0 aliphatic carbocycles. The Kier molecular flexibility index (Phi) is 47.0. The van der Waals surface area contributed by atoms with Gasteiger partial charge in [0.15, 0.2) is 0 Å². The Morgan fingerprint density at radius 2 is 0.514 bits per heavy atom. The summed E-state index contributed by atoms with van der Waals surface area (Å²) < 4.78 is 0. The molecule has 0 saturated carbocycles. The zero-order chi connectivity index (χ0) is 51.3. The lowest BCUT2D eigenvalue weighted by Gasteiger charge is -2.14. The van der Waals surface area contributed by atoms with Gasteiger partial charge in [-0.25, -0.2) is 0 Å². The number of hydrogen-bond donors (Lipinski definition) is 0. The monoisotopic (exact) mass is 989 g/mol. The van der Waals surface area contributed by atoms with Gasteiger partial charge in [0.25, 0.3) is 0 Å². The highest BCUT2D eigenvalue weighted by molar-refractivity contribution is 6.43. The highest BCUT2D eigenvalue weighted by Gasteiger charge is 2.13. The summed E-state index contributed by atoms with van der Waals surface area (Å²) in [6, 6.07) is 17.8. The molecule has 0 aromatic heterocycles. The van der Waals surface area contributed by atoms with Crippen LogP contribution in [-0.4, -0.2) is 11.4 Å². The quantitative estimate of drug-likeness (QED) is 0.0358. The van der Waals surface area contributed by atoms with Crippen molar-refractivity contribution >= 4 is 22.8 Å². The predicted molar refractivity (Wildman–Crippen MR) is 328 cm³/mol. The average Bonchev–Trinajstić information content (AvgIpc) is 3.40. The standard InChI is InChI=1S/C70H120N2/c1-5-9-13-15-17-19-21-23-25-27-29-31-33-35-37-39-41-43-45-47-49-51-57-65-59-53-55-63-67(65)71-69(61-11-7-3)70(62-12-8-4)72-68-64-56-54-60-66(68)58-52-50-48-46-44-42-40-38-36-34-32-30-28-26-24-22-20-18-16-14-10-6-2/h47-50,53-56,59-60,63-64H,5-46,51-52,57-58,61-62H2,1-4H3. The maximum Gasteiger partial charge on any atom is 0.0665 e. The van der Waals surface area contributed by atoms with Crippen molar-refractivity contribution in [2.75, 3.05) is 0 Å². The van der Waals surface area contributed by atoms with Crippen LogP contribution in [0.3, 0.4) is 0 Å². The van der Waals surface area contributed by atoms with Crippen LogP contribution in [0.2, 0.25) is 0 Å². The number of allylic oxidation sites excluding steroid dienone is 4. The summed E-state index contributed by atoms with van der Waals surface area (Å²) in [5, 5.41) is 0. The van der Waals surface area contributed by atoms with Gasteiger partial charge in [0.2, 0.25) is 0 Å². The third-order valence-corrected chi connectivity index (χ3v) is 15.3. The van der Waals surface area contributed by atoms with Crippen molar-refractivity contribution in [1.82, 2.24) is 0 Å². The Bertz CT molecular complexity index is 1460. The number of benzene rings is 2. The Morgan fingerprint density at radius 1 is 0.278 bits per heavy atom. The number of hydrogen-bond acceptors (Lipinski definition) is 2. The van der Waals surface area contributed by atoms with E-state index in [-0.39, 0.29) is 0 Å². The summed E-state index contributed by atoms with van der Waals surface area (Å²) in [7, 11) is 0. The first-order valence-electron chi connectivity index (χ1n) is 32.3. The topological polar surface area (TPSA) is 24.7 Å². The molecule has 2 rings (SSSR count). The fraction of sp³-hybridized carbons (Fsp3) is 0.743. The van der Waals surface area contributed by atoms with Crippen molar-refractivity contribution in [2.45, 2.75) is 336 Å². The van der Waals surface area contributed by atoms with E-state index in [2.05, 4.69) is 101 Å². The van der Waals surface area contributed by atoms with Gasteiger partial charge in [-0.05, 0) is 100 Å². The van der Waals surface area contributed by atoms with Gasteiger partial charge in [0, 0.05) is 0 Å². The highest BCUT2D eigenvalue weighted by atomic mass is 14.8. The lowest BCUT2D eigenvalue weighted by Crippen LogP contribution is -2.14. The number of unbranched alkanes of at least 4 members (excludes halogenated alkanes) is 38.